The van der Waals surface area contributed by atoms with E-state index in [2.05, 4.69) is 10.00 Å². The molecule has 84 valence electrons. The fourth-order valence-electron chi connectivity index (χ4n) is 2.15. The predicted octanol–water partition coefficient (Wildman–Crippen LogP) is 0.291. The lowest BCUT2D eigenvalue weighted by molar-refractivity contribution is 0.238. The molecule has 4 nitrogen and oxygen atoms in total. The Morgan fingerprint density at radius 2 is 2.47 bits per heavy atom. The fourth-order valence-corrected chi connectivity index (χ4v) is 2.15. The monoisotopic (exact) mass is 212 g/mol. The third-order valence-corrected chi connectivity index (χ3v) is 2.89. The van der Waals surface area contributed by atoms with Crippen LogP contribution in [0.25, 0.3) is 0 Å². The second kappa shape index (κ2) is 4.28. The van der Waals surface area contributed by atoms with Gasteiger partial charge in [0.15, 0.2) is 0 Å². The van der Waals surface area contributed by atoms with Gasteiger partial charge in [-0.15, -0.1) is 0 Å². The third-order valence-electron chi connectivity index (χ3n) is 2.89. The van der Waals surface area contributed by atoms with Crippen LogP contribution >= 0.6 is 0 Å². The van der Waals surface area contributed by atoms with Crippen molar-refractivity contribution >= 4 is 0 Å². The van der Waals surface area contributed by atoms with Gasteiger partial charge in [0.05, 0.1) is 6.20 Å². The number of hydrogen-bond acceptors (Lipinski definition) is 3. The maximum Gasteiger partial charge on any atom is 0.114 e. The zero-order valence-corrected chi connectivity index (χ0v) is 8.93. The number of likely N-dealkylation sites (tertiary alicyclic amines) is 1. The molecule has 0 saturated carbocycles. The zero-order chi connectivity index (χ0) is 10.8. The number of alkyl halides is 1. The Morgan fingerprint density at radius 3 is 3.07 bits per heavy atom. The molecule has 0 bridgehead atoms. The molecule has 1 fully saturated rings. The second-order valence-electron chi connectivity index (χ2n) is 4.17. The molecule has 1 aliphatic heterocycles. The van der Waals surface area contributed by atoms with Gasteiger partial charge < -0.3 is 5.73 Å². The van der Waals surface area contributed by atoms with Gasteiger partial charge in [0.1, 0.15) is 6.17 Å². The van der Waals surface area contributed by atoms with Gasteiger partial charge in [0, 0.05) is 44.5 Å². The molecule has 0 radical (unpaired) electrons. The highest BCUT2D eigenvalue weighted by atomic mass is 19.1. The van der Waals surface area contributed by atoms with Crippen molar-refractivity contribution in [2.45, 2.75) is 25.2 Å². The SMILES string of the molecule is Cn1cc(CN2C[C@H](F)C[C@@H]2CN)cn1. The lowest BCUT2D eigenvalue weighted by atomic mass is 10.2. The minimum Gasteiger partial charge on any atom is -0.329 e. The van der Waals surface area contributed by atoms with Crippen LogP contribution in [0.5, 0.6) is 0 Å². The number of hydrogen-bond donors (Lipinski definition) is 1. The Bertz CT molecular complexity index is 325. The molecule has 1 aromatic rings. The summed E-state index contributed by atoms with van der Waals surface area (Å²) in [5, 5.41) is 4.09. The van der Waals surface area contributed by atoms with E-state index >= 15 is 0 Å². The number of halogens is 1. The average molecular weight is 212 g/mol. The largest absolute Gasteiger partial charge is 0.329 e. The van der Waals surface area contributed by atoms with E-state index in [1.807, 2.05) is 19.4 Å². The molecule has 2 heterocycles. The van der Waals surface area contributed by atoms with Crippen molar-refractivity contribution in [2.24, 2.45) is 12.8 Å². The van der Waals surface area contributed by atoms with E-state index in [9.17, 15) is 4.39 Å². The molecule has 5 heteroatoms. The molecule has 0 aromatic carbocycles. The Hall–Kier alpha value is -0.940. The van der Waals surface area contributed by atoms with Gasteiger partial charge in [-0.3, -0.25) is 9.58 Å². The van der Waals surface area contributed by atoms with Gasteiger partial charge in [-0.1, -0.05) is 0 Å². The van der Waals surface area contributed by atoms with Crippen LogP contribution in [-0.4, -0.2) is 40.0 Å². The van der Waals surface area contributed by atoms with E-state index in [1.54, 1.807) is 4.68 Å². The molecule has 1 saturated heterocycles. The van der Waals surface area contributed by atoms with Gasteiger partial charge in [0.2, 0.25) is 0 Å². The summed E-state index contributed by atoms with van der Waals surface area (Å²) in [6, 6.07) is 0.181. The molecule has 1 aliphatic rings. The molecule has 0 aliphatic carbocycles. The zero-order valence-electron chi connectivity index (χ0n) is 8.93. The predicted molar refractivity (Wildman–Crippen MR) is 56.0 cm³/mol. The van der Waals surface area contributed by atoms with Crippen LogP contribution in [0.3, 0.4) is 0 Å². The molecule has 2 atom stereocenters. The van der Waals surface area contributed by atoms with Crippen LogP contribution in [0.2, 0.25) is 0 Å². The lowest BCUT2D eigenvalue weighted by Gasteiger charge is -2.21. The Kier molecular flexibility index (Phi) is 3.02. The molecule has 15 heavy (non-hydrogen) atoms. The number of rotatable bonds is 3. The summed E-state index contributed by atoms with van der Waals surface area (Å²) in [6.45, 7) is 1.77. The Morgan fingerprint density at radius 1 is 1.67 bits per heavy atom. The molecule has 1 aromatic heterocycles. The minimum atomic E-state index is -0.727. The van der Waals surface area contributed by atoms with E-state index in [4.69, 9.17) is 5.73 Å². The van der Waals surface area contributed by atoms with E-state index in [-0.39, 0.29) is 6.04 Å². The number of nitrogens with zero attached hydrogens (tertiary/aromatic N) is 3. The van der Waals surface area contributed by atoms with Gasteiger partial charge in [-0.05, 0) is 6.42 Å². The summed E-state index contributed by atoms with van der Waals surface area (Å²) in [5.41, 5.74) is 6.73. The first-order valence-electron chi connectivity index (χ1n) is 5.24. The van der Waals surface area contributed by atoms with Gasteiger partial charge in [-0.2, -0.15) is 5.10 Å². The highest BCUT2D eigenvalue weighted by Gasteiger charge is 2.30. The number of nitrogens with two attached hydrogens (primary N) is 1. The van der Waals surface area contributed by atoms with Crippen molar-refractivity contribution in [3.05, 3.63) is 18.0 Å². The Labute approximate surface area is 88.9 Å². The molecule has 0 spiro atoms. The first-order chi connectivity index (χ1) is 7.19. The topological polar surface area (TPSA) is 47.1 Å². The van der Waals surface area contributed by atoms with Crippen LogP contribution < -0.4 is 5.73 Å². The fraction of sp³-hybridized carbons (Fsp3) is 0.700. The normalized spacial score (nSPS) is 27.4. The number of aryl methyl sites for hydroxylation is 1. The van der Waals surface area contributed by atoms with Gasteiger partial charge in [-0.25, -0.2) is 4.39 Å². The summed E-state index contributed by atoms with van der Waals surface area (Å²) < 4.78 is 15.0. The third kappa shape index (κ3) is 2.35. The van der Waals surface area contributed by atoms with Gasteiger partial charge >= 0.3 is 0 Å². The summed E-state index contributed by atoms with van der Waals surface area (Å²) in [7, 11) is 1.88. The minimum absolute atomic E-state index is 0.181. The summed E-state index contributed by atoms with van der Waals surface area (Å²) in [4.78, 5) is 2.10. The highest BCUT2D eigenvalue weighted by Crippen LogP contribution is 2.21. The smallest absolute Gasteiger partial charge is 0.114 e. The molecule has 2 rings (SSSR count). The molecule has 2 N–H and O–H groups in total. The Balaban J connectivity index is 1.99. The van der Waals surface area contributed by atoms with Crippen molar-refractivity contribution in [3.63, 3.8) is 0 Å². The van der Waals surface area contributed by atoms with E-state index in [0.717, 1.165) is 12.1 Å². The van der Waals surface area contributed by atoms with Crippen LogP contribution in [0, 0.1) is 0 Å². The standard InChI is InChI=1S/C10H17FN4/c1-14-5-8(4-13-14)6-15-7-9(11)2-10(15)3-12/h4-5,9-10H,2-3,6-7,12H2,1H3/t9-,10-/m1/s1. The summed E-state index contributed by atoms with van der Waals surface area (Å²) >= 11 is 0. The average Bonchev–Trinajstić information content (AvgIpc) is 2.73. The maximum absolute atomic E-state index is 13.2. The van der Waals surface area contributed by atoms with Crippen molar-refractivity contribution in [2.75, 3.05) is 13.1 Å². The quantitative estimate of drug-likeness (QED) is 0.783. The summed E-state index contributed by atoms with van der Waals surface area (Å²) in [6.07, 6.45) is 3.62. The van der Waals surface area contributed by atoms with E-state index in [0.29, 0.717) is 19.5 Å². The number of aromatic nitrogens is 2. The van der Waals surface area contributed by atoms with E-state index in [1.165, 1.54) is 0 Å². The first kappa shape index (κ1) is 10.6. The van der Waals surface area contributed by atoms with Crippen LogP contribution in [0.1, 0.15) is 12.0 Å². The lowest BCUT2D eigenvalue weighted by Crippen LogP contribution is -2.34. The highest BCUT2D eigenvalue weighted by molar-refractivity contribution is 5.05. The second-order valence-corrected chi connectivity index (χ2v) is 4.17. The van der Waals surface area contributed by atoms with Crippen molar-refractivity contribution in [1.29, 1.82) is 0 Å². The van der Waals surface area contributed by atoms with Crippen molar-refractivity contribution in [3.8, 4) is 0 Å². The molecule has 0 unspecified atom stereocenters. The van der Waals surface area contributed by atoms with Crippen molar-refractivity contribution < 1.29 is 4.39 Å². The van der Waals surface area contributed by atoms with Crippen molar-refractivity contribution in [1.82, 2.24) is 14.7 Å². The molecular weight excluding hydrogens is 195 g/mol. The van der Waals surface area contributed by atoms with Crippen LogP contribution in [0.15, 0.2) is 12.4 Å². The maximum atomic E-state index is 13.2. The van der Waals surface area contributed by atoms with E-state index < -0.39 is 6.17 Å². The summed E-state index contributed by atoms with van der Waals surface area (Å²) in [5.74, 6) is 0. The first-order valence-corrected chi connectivity index (χ1v) is 5.24. The van der Waals surface area contributed by atoms with Crippen LogP contribution in [-0.2, 0) is 13.6 Å². The van der Waals surface area contributed by atoms with Gasteiger partial charge in [0.25, 0.3) is 0 Å². The van der Waals surface area contributed by atoms with Crippen LogP contribution in [0.4, 0.5) is 4.39 Å². The molecule has 0 amide bonds. The molecular formula is C10H17FN4.